The van der Waals surface area contributed by atoms with Crippen molar-refractivity contribution in [3.8, 4) is 0 Å². The highest BCUT2D eigenvalue weighted by atomic mass is 16.5. The molecule has 3 atom stereocenters. The Labute approximate surface area is 117 Å². The van der Waals surface area contributed by atoms with Gasteiger partial charge in [-0.2, -0.15) is 0 Å². The molecule has 0 aliphatic carbocycles. The Morgan fingerprint density at radius 3 is 2.95 bits per heavy atom. The van der Waals surface area contributed by atoms with E-state index >= 15 is 0 Å². The van der Waals surface area contributed by atoms with Gasteiger partial charge in [0.25, 0.3) is 0 Å². The van der Waals surface area contributed by atoms with Gasteiger partial charge >= 0.3 is 0 Å². The quantitative estimate of drug-likeness (QED) is 0.762. The average molecular weight is 270 g/mol. The summed E-state index contributed by atoms with van der Waals surface area (Å²) in [4.78, 5) is 2.64. The number of ether oxygens (including phenoxy) is 2. The molecule has 0 saturated carbocycles. The smallest absolute Gasteiger partial charge is 0.0589 e. The van der Waals surface area contributed by atoms with Gasteiger partial charge in [-0.05, 0) is 38.6 Å². The normalized spacial score (nSPS) is 32.1. The summed E-state index contributed by atoms with van der Waals surface area (Å²) in [6.07, 6.45) is 6.61. The van der Waals surface area contributed by atoms with Gasteiger partial charge in [-0.25, -0.2) is 0 Å². The van der Waals surface area contributed by atoms with Gasteiger partial charge in [-0.3, -0.25) is 4.90 Å². The number of hydrogen-bond donors (Lipinski definition) is 1. The summed E-state index contributed by atoms with van der Waals surface area (Å²) in [6, 6.07) is 1.36. The first-order valence-corrected chi connectivity index (χ1v) is 7.91. The fourth-order valence-corrected chi connectivity index (χ4v) is 3.30. The molecular formula is C15H30N2O2. The second-order valence-corrected chi connectivity index (χ2v) is 5.86. The summed E-state index contributed by atoms with van der Waals surface area (Å²) in [5.41, 5.74) is 0. The number of nitrogens with one attached hydrogen (secondary N) is 1. The van der Waals surface area contributed by atoms with Crippen LogP contribution in [-0.4, -0.2) is 63.0 Å². The van der Waals surface area contributed by atoms with E-state index in [-0.39, 0.29) is 0 Å². The van der Waals surface area contributed by atoms with Gasteiger partial charge in [0.15, 0.2) is 0 Å². The van der Waals surface area contributed by atoms with Crippen LogP contribution in [0.1, 0.15) is 39.0 Å². The highest BCUT2D eigenvalue weighted by Gasteiger charge is 2.28. The SMILES string of the molecule is CCC1CC(N(CCOC)CC2CCCN2)CCO1. The molecular weight excluding hydrogens is 240 g/mol. The zero-order chi connectivity index (χ0) is 13.5. The van der Waals surface area contributed by atoms with E-state index in [4.69, 9.17) is 9.47 Å². The van der Waals surface area contributed by atoms with Gasteiger partial charge in [0.2, 0.25) is 0 Å². The maximum Gasteiger partial charge on any atom is 0.0589 e. The lowest BCUT2D eigenvalue weighted by Crippen LogP contribution is -2.48. The van der Waals surface area contributed by atoms with E-state index in [1.165, 1.54) is 38.8 Å². The largest absolute Gasteiger partial charge is 0.383 e. The molecule has 4 heteroatoms. The predicted octanol–water partition coefficient (Wildman–Crippen LogP) is 1.64. The van der Waals surface area contributed by atoms with Gasteiger partial charge in [0.05, 0.1) is 12.7 Å². The number of rotatable bonds is 7. The van der Waals surface area contributed by atoms with Crippen molar-refractivity contribution in [2.45, 2.75) is 57.2 Å². The van der Waals surface area contributed by atoms with E-state index < -0.39 is 0 Å². The third-order valence-electron chi connectivity index (χ3n) is 4.51. The first-order chi connectivity index (χ1) is 9.33. The lowest BCUT2D eigenvalue weighted by Gasteiger charge is -2.38. The summed E-state index contributed by atoms with van der Waals surface area (Å²) in [6.45, 7) is 7.39. The molecule has 2 heterocycles. The minimum Gasteiger partial charge on any atom is -0.383 e. The molecule has 0 spiro atoms. The van der Waals surface area contributed by atoms with Crippen molar-refractivity contribution in [2.24, 2.45) is 0 Å². The Balaban J connectivity index is 1.87. The van der Waals surface area contributed by atoms with Crippen molar-refractivity contribution in [3.05, 3.63) is 0 Å². The molecule has 0 radical (unpaired) electrons. The van der Waals surface area contributed by atoms with Crippen molar-refractivity contribution in [2.75, 3.05) is 40.0 Å². The molecule has 4 nitrogen and oxygen atoms in total. The minimum absolute atomic E-state index is 0.459. The minimum atomic E-state index is 0.459. The highest BCUT2D eigenvalue weighted by Crippen LogP contribution is 2.22. The van der Waals surface area contributed by atoms with E-state index in [0.717, 1.165) is 26.2 Å². The average Bonchev–Trinajstić information content (AvgIpc) is 2.96. The van der Waals surface area contributed by atoms with Gasteiger partial charge in [-0.1, -0.05) is 6.92 Å². The van der Waals surface area contributed by atoms with Crippen molar-refractivity contribution in [1.82, 2.24) is 10.2 Å². The first kappa shape index (κ1) is 15.2. The Morgan fingerprint density at radius 2 is 2.26 bits per heavy atom. The van der Waals surface area contributed by atoms with Crippen LogP contribution in [0.25, 0.3) is 0 Å². The molecule has 112 valence electrons. The van der Waals surface area contributed by atoms with Crippen molar-refractivity contribution < 1.29 is 9.47 Å². The molecule has 19 heavy (non-hydrogen) atoms. The third-order valence-corrected chi connectivity index (χ3v) is 4.51. The second kappa shape index (κ2) is 8.20. The van der Waals surface area contributed by atoms with Crippen LogP contribution >= 0.6 is 0 Å². The van der Waals surface area contributed by atoms with Gasteiger partial charge in [0, 0.05) is 38.9 Å². The fraction of sp³-hybridized carbons (Fsp3) is 1.00. The molecule has 0 aromatic heterocycles. The van der Waals surface area contributed by atoms with Gasteiger partial charge < -0.3 is 14.8 Å². The first-order valence-electron chi connectivity index (χ1n) is 7.91. The van der Waals surface area contributed by atoms with E-state index in [9.17, 15) is 0 Å². The van der Waals surface area contributed by atoms with Crippen LogP contribution in [0, 0.1) is 0 Å². The van der Waals surface area contributed by atoms with Crippen LogP contribution in [-0.2, 0) is 9.47 Å². The van der Waals surface area contributed by atoms with Crippen molar-refractivity contribution in [1.29, 1.82) is 0 Å². The lowest BCUT2D eigenvalue weighted by atomic mass is 9.99. The molecule has 0 aromatic carbocycles. The number of nitrogens with zero attached hydrogens (tertiary/aromatic N) is 1. The summed E-state index contributed by atoms with van der Waals surface area (Å²) in [5, 5.41) is 3.61. The highest BCUT2D eigenvalue weighted by molar-refractivity contribution is 4.84. The molecule has 2 aliphatic heterocycles. The molecule has 1 N–H and O–H groups in total. The Hall–Kier alpha value is -0.160. The topological polar surface area (TPSA) is 33.7 Å². The number of methoxy groups -OCH3 is 1. The third kappa shape index (κ3) is 4.71. The summed E-state index contributed by atoms with van der Waals surface area (Å²) >= 11 is 0. The zero-order valence-electron chi connectivity index (χ0n) is 12.6. The van der Waals surface area contributed by atoms with Crippen LogP contribution in [0.3, 0.4) is 0 Å². The fourth-order valence-electron chi connectivity index (χ4n) is 3.30. The Bertz CT molecular complexity index is 244. The van der Waals surface area contributed by atoms with Crippen molar-refractivity contribution in [3.63, 3.8) is 0 Å². The maximum absolute atomic E-state index is 5.81. The molecule has 0 aromatic rings. The summed E-state index contributed by atoms with van der Waals surface area (Å²) in [5.74, 6) is 0. The van der Waals surface area contributed by atoms with Crippen LogP contribution in [0.4, 0.5) is 0 Å². The second-order valence-electron chi connectivity index (χ2n) is 5.86. The molecule has 2 rings (SSSR count). The molecule has 2 aliphatic rings. The van der Waals surface area contributed by atoms with Crippen LogP contribution in [0.2, 0.25) is 0 Å². The van der Waals surface area contributed by atoms with Crippen LogP contribution in [0.5, 0.6) is 0 Å². The monoisotopic (exact) mass is 270 g/mol. The van der Waals surface area contributed by atoms with Gasteiger partial charge in [-0.15, -0.1) is 0 Å². The Morgan fingerprint density at radius 1 is 1.37 bits per heavy atom. The molecule has 2 saturated heterocycles. The lowest BCUT2D eigenvalue weighted by molar-refractivity contribution is -0.0335. The summed E-state index contributed by atoms with van der Waals surface area (Å²) < 4.78 is 11.1. The van der Waals surface area contributed by atoms with E-state index in [0.29, 0.717) is 18.2 Å². The molecule has 3 unspecified atom stereocenters. The maximum atomic E-state index is 5.81. The predicted molar refractivity (Wildman–Crippen MR) is 77.5 cm³/mol. The standard InChI is InChI=1S/C15H30N2O2/c1-3-15-11-14(6-9-19-15)17(8-10-18-2)12-13-5-4-7-16-13/h13-16H,3-12H2,1-2H3. The van der Waals surface area contributed by atoms with Gasteiger partial charge in [0.1, 0.15) is 0 Å². The van der Waals surface area contributed by atoms with E-state index in [2.05, 4.69) is 17.1 Å². The molecule has 0 bridgehead atoms. The van der Waals surface area contributed by atoms with Crippen LogP contribution in [0.15, 0.2) is 0 Å². The molecule has 2 fully saturated rings. The molecule has 0 amide bonds. The van der Waals surface area contributed by atoms with Crippen LogP contribution < -0.4 is 5.32 Å². The summed E-state index contributed by atoms with van der Waals surface area (Å²) in [7, 11) is 1.80. The zero-order valence-corrected chi connectivity index (χ0v) is 12.6. The van der Waals surface area contributed by atoms with E-state index in [1.807, 2.05) is 0 Å². The van der Waals surface area contributed by atoms with E-state index in [1.54, 1.807) is 7.11 Å². The number of hydrogen-bond acceptors (Lipinski definition) is 4. The Kier molecular flexibility index (Phi) is 6.57. The van der Waals surface area contributed by atoms with Crippen molar-refractivity contribution >= 4 is 0 Å².